The smallest absolute Gasteiger partial charge is 0.267 e. The second-order valence-electron chi connectivity index (χ2n) is 12.4. The molecule has 2 N–H and O–H groups in total. The Balaban J connectivity index is 1.69. The number of benzene rings is 2. The number of rotatable bonds is 9. The number of carbonyl (C=O) groups is 1. The molecule has 0 unspecified atom stereocenters. The summed E-state index contributed by atoms with van der Waals surface area (Å²) in [6.45, 7) is 8.66. The minimum Gasteiger partial charge on any atom is -0.490 e. The van der Waals surface area contributed by atoms with E-state index in [4.69, 9.17) is 14.0 Å². The van der Waals surface area contributed by atoms with E-state index in [9.17, 15) is 26.7 Å². The van der Waals surface area contributed by atoms with Crippen LogP contribution in [0.2, 0.25) is 0 Å². The van der Waals surface area contributed by atoms with Crippen molar-refractivity contribution in [3.05, 3.63) is 65.5 Å². The molecular weight excluding hydrogens is 661 g/mol. The lowest BCUT2D eigenvalue weighted by molar-refractivity contribution is -0.00833. The number of aryl methyl sites for hydroxylation is 2. The van der Waals surface area contributed by atoms with Crippen LogP contribution in [-0.4, -0.2) is 93.8 Å². The van der Waals surface area contributed by atoms with Crippen LogP contribution in [0.5, 0.6) is 5.75 Å². The van der Waals surface area contributed by atoms with E-state index in [1.54, 1.807) is 31.2 Å². The normalized spacial score (nSPS) is 20.9. The summed E-state index contributed by atoms with van der Waals surface area (Å²) in [5.41, 5.74) is 0.423. The third-order valence-corrected chi connectivity index (χ3v) is 11.9. The van der Waals surface area contributed by atoms with Gasteiger partial charge in [0, 0.05) is 38.3 Å². The fraction of sp³-hybridized carbons (Fsp3) is 0.515. The Kier molecular flexibility index (Phi) is 12.3. The highest BCUT2D eigenvalue weighted by atomic mass is 32.2. The van der Waals surface area contributed by atoms with E-state index in [-0.39, 0.29) is 70.0 Å². The average Bonchev–Trinajstić information content (AvgIpc) is 3.40. The van der Waals surface area contributed by atoms with E-state index in [1.165, 1.54) is 54.4 Å². The first-order chi connectivity index (χ1) is 22.6. The molecular formula is C33H46N4O9S2. The predicted octanol–water partition coefficient (Wildman–Crippen LogP) is 4.21. The Labute approximate surface area is 283 Å². The van der Waals surface area contributed by atoms with Gasteiger partial charge in [-0.05, 0) is 77.3 Å². The number of ether oxygens (including phenoxy) is 2. The van der Waals surface area contributed by atoms with E-state index in [0.717, 1.165) is 6.42 Å². The molecule has 0 fully saturated rings. The number of hydrogen-bond donors (Lipinski definition) is 2. The zero-order valence-corrected chi connectivity index (χ0v) is 29.9. The number of hydrogen-bond acceptors (Lipinski definition) is 10. The lowest BCUT2D eigenvalue weighted by atomic mass is 10.0. The van der Waals surface area contributed by atoms with E-state index in [1.807, 2.05) is 13.8 Å². The van der Waals surface area contributed by atoms with Crippen LogP contribution in [0.3, 0.4) is 0 Å². The summed E-state index contributed by atoms with van der Waals surface area (Å²) in [6.07, 6.45) is 1.24. The summed E-state index contributed by atoms with van der Waals surface area (Å²) in [6, 6.07) is 12.0. The van der Waals surface area contributed by atoms with Gasteiger partial charge in [0.1, 0.15) is 11.4 Å². The van der Waals surface area contributed by atoms with Crippen molar-refractivity contribution in [3.8, 4) is 5.75 Å². The lowest BCUT2D eigenvalue weighted by Crippen LogP contribution is -2.48. The molecule has 3 aromatic rings. The molecule has 1 aliphatic rings. The molecule has 0 spiro atoms. The van der Waals surface area contributed by atoms with Gasteiger partial charge in [-0.1, -0.05) is 30.3 Å². The molecule has 4 rings (SSSR count). The van der Waals surface area contributed by atoms with Crippen LogP contribution in [0.4, 0.5) is 5.69 Å². The number of likely N-dealkylation sites (N-methyl/N-ethyl adjacent to an activating group) is 1. The number of fused-ring (bicyclic) bond motifs is 1. The van der Waals surface area contributed by atoms with E-state index >= 15 is 0 Å². The van der Waals surface area contributed by atoms with Crippen LogP contribution < -0.4 is 9.46 Å². The van der Waals surface area contributed by atoms with E-state index < -0.39 is 38.1 Å². The maximum absolute atomic E-state index is 14.4. The number of sulfonamides is 2. The SMILES string of the molecule is Cc1noc(C)c1S(=O)(=O)Nc1ccc2c(c1)C(=O)N([C@@H](C)CO)C[C@@H](C)[C@H](CN(C)S(=O)(=O)c1ccccc1)OCCCC[C@H](C)O2. The first kappa shape index (κ1) is 37.3. The molecule has 0 radical (unpaired) electrons. The molecule has 2 aromatic carbocycles. The Morgan fingerprint density at radius 1 is 1.08 bits per heavy atom. The summed E-state index contributed by atoms with van der Waals surface area (Å²) in [5.74, 6) is -0.467. The molecule has 264 valence electrons. The van der Waals surface area contributed by atoms with E-state index in [2.05, 4.69) is 9.88 Å². The van der Waals surface area contributed by atoms with Gasteiger partial charge in [0.05, 0.1) is 35.3 Å². The zero-order chi connectivity index (χ0) is 35.2. The molecule has 0 saturated heterocycles. The molecule has 0 saturated carbocycles. The van der Waals surface area contributed by atoms with Crippen LogP contribution in [0.15, 0.2) is 62.8 Å². The number of carbonyl (C=O) groups excluding carboxylic acids is 1. The maximum Gasteiger partial charge on any atom is 0.267 e. The molecule has 48 heavy (non-hydrogen) atoms. The first-order valence-corrected chi connectivity index (χ1v) is 18.9. The standard InChI is InChI=1S/C33H46N4O9S2/c1-22-19-37(23(2)21-38)33(39)29-18-27(35-47(40,41)32-25(4)34-46-26(32)5)15-16-30(29)45-24(3)12-10-11-17-44-31(22)20-36(6)48(42,43)28-13-8-7-9-14-28/h7-9,13-16,18,22-24,31,35,38H,10-12,17,19-21H2,1-6H3/t22-,23+,24+,31+/m1/s1. The van der Waals surface area contributed by atoms with Crippen molar-refractivity contribution in [1.82, 2.24) is 14.4 Å². The number of aliphatic hydroxyl groups excluding tert-OH is 1. The van der Waals surface area contributed by atoms with Crippen LogP contribution in [0.1, 0.15) is 61.8 Å². The first-order valence-electron chi connectivity index (χ1n) is 16.0. The van der Waals surface area contributed by atoms with Crippen LogP contribution >= 0.6 is 0 Å². The number of amides is 1. The number of nitrogens with one attached hydrogen (secondary N) is 1. The molecule has 1 aromatic heterocycles. The fourth-order valence-electron chi connectivity index (χ4n) is 5.64. The molecule has 0 aliphatic carbocycles. The van der Waals surface area contributed by atoms with Gasteiger partial charge in [0.2, 0.25) is 10.0 Å². The highest BCUT2D eigenvalue weighted by Gasteiger charge is 2.33. The monoisotopic (exact) mass is 706 g/mol. The van der Waals surface area contributed by atoms with Crippen LogP contribution in [0, 0.1) is 19.8 Å². The van der Waals surface area contributed by atoms with Gasteiger partial charge < -0.3 is 24.0 Å². The number of aliphatic hydroxyl groups is 1. The molecule has 2 heterocycles. The van der Waals surface area contributed by atoms with Crippen molar-refractivity contribution in [2.75, 3.05) is 38.1 Å². The zero-order valence-electron chi connectivity index (χ0n) is 28.2. The van der Waals surface area contributed by atoms with Gasteiger partial charge in [0.15, 0.2) is 10.7 Å². The van der Waals surface area contributed by atoms with Crippen LogP contribution in [-0.2, 0) is 24.8 Å². The Morgan fingerprint density at radius 3 is 2.44 bits per heavy atom. The lowest BCUT2D eigenvalue weighted by Gasteiger charge is -2.35. The third kappa shape index (κ3) is 8.74. The average molecular weight is 707 g/mol. The van der Waals surface area contributed by atoms with Crippen molar-refractivity contribution in [2.24, 2.45) is 5.92 Å². The molecule has 0 bridgehead atoms. The number of anilines is 1. The van der Waals surface area contributed by atoms with E-state index in [0.29, 0.717) is 19.4 Å². The van der Waals surface area contributed by atoms with Gasteiger partial charge in [-0.15, -0.1) is 0 Å². The third-order valence-electron chi connectivity index (χ3n) is 8.43. The predicted molar refractivity (Wildman–Crippen MR) is 180 cm³/mol. The molecule has 15 heteroatoms. The van der Waals surface area contributed by atoms with Crippen molar-refractivity contribution in [1.29, 1.82) is 0 Å². The second kappa shape index (κ2) is 15.8. The van der Waals surface area contributed by atoms with Crippen molar-refractivity contribution < 1.29 is 40.7 Å². The van der Waals surface area contributed by atoms with Gasteiger partial charge in [-0.25, -0.2) is 16.8 Å². The van der Waals surface area contributed by atoms with Crippen molar-refractivity contribution in [2.45, 2.75) is 81.9 Å². The van der Waals surface area contributed by atoms with Gasteiger partial charge in [-0.3, -0.25) is 9.52 Å². The highest BCUT2D eigenvalue weighted by molar-refractivity contribution is 7.92. The minimum absolute atomic E-state index is 0.0393. The number of aromatic nitrogens is 1. The molecule has 1 aliphatic heterocycles. The maximum atomic E-state index is 14.4. The topological polar surface area (TPSA) is 169 Å². The minimum atomic E-state index is -4.11. The highest BCUT2D eigenvalue weighted by Crippen LogP contribution is 2.30. The van der Waals surface area contributed by atoms with Gasteiger partial charge in [0.25, 0.3) is 15.9 Å². The van der Waals surface area contributed by atoms with Crippen LogP contribution in [0.25, 0.3) is 0 Å². The number of nitrogens with zero attached hydrogens (tertiary/aromatic N) is 3. The summed E-state index contributed by atoms with van der Waals surface area (Å²) in [7, 11) is -6.41. The molecule has 4 atom stereocenters. The largest absolute Gasteiger partial charge is 0.490 e. The van der Waals surface area contributed by atoms with Crippen molar-refractivity contribution >= 4 is 31.6 Å². The van der Waals surface area contributed by atoms with Gasteiger partial charge >= 0.3 is 0 Å². The Morgan fingerprint density at radius 2 is 1.79 bits per heavy atom. The Hall–Kier alpha value is -3.50. The summed E-state index contributed by atoms with van der Waals surface area (Å²) >= 11 is 0. The Bertz CT molecular complexity index is 1740. The quantitative estimate of drug-likeness (QED) is 0.329. The molecule has 1 amide bonds. The summed E-state index contributed by atoms with van der Waals surface area (Å²) in [4.78, 5) is 15.9. The molecule has 13 nitrogen and oxygen atoms in total. The fourth-order valence-corrected chi connectivity index (χ4v) is 8.22. The second-order valence-corrected chi connectivity index (χ2v) is 16.0. The summed E-state index contributed by atoms with van der Waals surface area (Å²) < 4.78 is 74.7. The summed E-state index contributed by atoms with van der Waals surface area (Å²) in [5, 5.41) is 14.0. The van der Waals surface area contributed by atoms with Gasteiger partial charge in [-0.2, -0.15) is 4.31 Å². The van der Waals surface area contributed by atoms with Crippen molar-refractivity contribution in [3.63, 3.8) is 0 Å².